The minimum absolute atomic E-state index is 0.181. The second-order valence-corrected chi connectivity index (χ2v) is 16.3. The van der Waals surface area contributed by atoms with E-state index in [1.54, 1.807) is 0 Å². The minimum atomic E-state index is -1.51. The zero-order valence-electron chi connectivity index (χ0n) is 38.6. The lowest BCUT2D eigenvalue weighted by molar-refractivity contribution is -0.870. The van der Waals surface area contributed by atoms with Crippen LogP contribution in [0, 0.1) is 0 Å². The molecular weight excluding hydrogens is 755 g/mol. The Kier molecular flexibility index (Phi) is 39.7. The molecule has 0 amide bonds. The number of nitrogens with zero attached hydrogens (tertiary/aromatic N) is 1. The first-order valence-electron chi connectivity index (χ1n) is 23.3. The monoisotopic (exact) mass is 841 g/mol. The maximum absolute atomic E-state index is 12.7. The van der Waals surface area contributed by atoms with Crippen LogP contribution in [0.3, 0.4) is 0 Å². The molecule has 0 aliphatic heterocycles. The van der Waals surface area contributed by atoms with Gasteiger partial charge >= 0.3 is 17.9 Å². The molecule has 9 nitrogen and oxygen atoms in total. The Labute approximate surface area is 366 Å². The van der Waals surface area contributed by atoms with Crippen LogP contribution in [0.4, 0.5) is 0 Å². The number of carbonyl (C=O) groups excluding carboxylic acids is 2. The predicted molar refractivity (Wildman–Crippen MR) is 249 cm³/mol. The van der Waals surface area contributed by atoms with E-state index in [0.717, 1.165) is 96.3 Å². The second kappa shape index (κ2) is 42.2. The molecule has 0 aliphatic carbocycles. The largest absolute Gasteiger partial charge is 0.477 e. The number of rotatable bonds is 41. The maximum atomic E-state index is 12.7. The van der Waals surface area contributed by atoms with Crippen molar-refractivity contribution in [3.63, 3.8) is 0 Å². The van der Waals surface area contributed by atoms with E-state index in [1.165, 1.54) is 32.1 Å². The SMILES string of the molecule is CC/C=C\C/C=C\C/C=C\C/C=C\C/C=C\C/C=C\C/C=C\CCCCCCCCCC(=O)OC(COC(=O)CCCCCCCC)COC(OCC[N+](C)(C)C)C(=O)O. The molecule has 0 aromatic carbocycles. The molecule has 0 rings (SSSR count). The minimum Gasteiger partial charge on any atom is -0.477 e. The van der Waals surface area contributed by atoms with Gasteiger partial charge in [-0.3, -0.25) is 9.59 Å². The summed E-state index contributed by atoms with van der Waals surface area (Å²) in [5.74, 6) is -2.04. The van der Waals surface area contributed by atoms with Crippen LogP contribution < -0.4 is 0 Å². The summed E-state index contributed by atoms with van der Waals surface area (Å²) in [6.07, 6.45) is 51.1. The predicted octanol–water partition coefficient (Wildman–Crippen LogP) is 12.5. The van der Waals surface area contributed by atoms with Gasteiger partial charge < -0.3 is 28.5 Å². The summed E-state index contributed by atoms with van der Waals surface area (Å²) in [5, 5.41) is 9.60. The van der Waals surface area contributed by atoms with Gasteiger partial charge in [0.1, 0.15) is 13.2 Å². The number of esters is 2. The average molecular weight is 841 g/mol. The van der Waals surface area contributed by atoms with Crippen LogP contribution in [0.15, 0.2) is 85.1 Å². The van der Waals surface area contributed by atoms with Gasteiger partial charge in [-0.1, -0.05) is 163 Å². The lowest BCUT2D eigenvalue weighted by Gasteiger charge is -2.25. The highest BCUT2D eigenvalue weighted by Crippen LogP contribution is 2.13. The molecule has 60 heavy (non-hydrogen) atoms. The number of quaternary nitrogens is 1. The summed E-state index contributed by atoms with van der Waals surface area (Å²) in [7, 11) is 5.93. The summed E-state index contributed by atoms with van der Waals surface area (Å²) in [6.45, 7) is 4.65. The van der Waals surface area contributed by atoms with Crippen LogP contribution in [-0.2, 0) is 33.3 Å². The molecule has 0 saturated heterocycles. The van der Waals surface area contributed by atoms with E-state index in [-0.39, 0.29) is 32.2 Å². The third kappa shape index (κ3) is 42.6. The summed E-state index contributed by atoms with van der Waals surface area (Å²) in [5.41, 5.74) is 0. The fourth-order valence-corrected chi connectivity index (χ4v) is 5.81. The Bertz CT molecular complexity index is 1260. The number of carboxylic acids is 1. The summed E-state index contributed by atoms with van der Waals surface area (Å²) >= 11 is 0. The standard InChI is InChI=1S/C51H85NO8/c1-6-8-10-12-14-15-16-17-18-19-20-21-22-23-24-25-26-27-28-29-30-31-32-33-34-35-36-38-40-42-49(54)60-47(45-58-48(53)41-39-37-13-11-9-7-2)46-59-51(50(55)56)57-44-43-52(3,4)5/h8,10,14-15,17-18,20-21,23-24,26-27,29-30,47,51H,6-7,9,11-13,16,19,22,25,28,31-46H2,1-5H3/p+1/b10-8-,15-14-,18-17-,21-20-,24-23-,27-26-,30-29-. The van der Waals surface area contributed by atoms with Gasteiger partial charge in [0.2, 0.25) is 0 Å². The second-order valence-electron chi connectivity index (χ2n) is 16.3. The maximum Gasteiger partial charge on any atom is 0.361 e. The number of ether oxygens (including phenoxy) is 4. The lowest BCUT2D eigenvalue weighted by atomic mass is 10.1. The molecule has 1 N–H and O–H groups in total. The Morgan fingerprint density at radius 2 is 0.950 bits per heavy atom. The third-order valence-electron chi connectivity index (χ3n) is 9.42. The first kappa shape index (κ1) is 56.5. The molecule has 0 aliphatic rings. The van der Waals surface area contributed by atoms with Crippen molar-refractivity contribution in [2.24, 2.45) is 0 Å². The van der Waals surface area contributed by atoms with Gasteiger partial charge in [-0.15, -0.1) is 0 Å². The van der Waals surface area contributed by atoms with Gasteiger partial charge in [-0.2, -0.15) is 0 Å². The average Bonchev–Trinajstić information content (AvgIpc) is 3.21. The first-order valence-corrected chi connectivity index (χ1v) is 23.3. The molecule has 342 valence electrons. The van der Waals surface area contributed by atoms with E-state index in [0.29, 0.717) is 23.9 Å². The number of hydrogen-bond donors (Lipinski definition) is 1. The van der Waals surface area contributed by atoms with E-state index in [4.69, 9.17) is 18.9 Å². The molecule has 0 heterocycles. The molecule has 0 bridgehead atoms. The first-order chi connectivity index (χ1) is 29.1. The quantitative estimate of drug-likeness (QED) is 0.0213. The van der Waals surface area contributed by atoms with Crippen LogP contribution in [0.1, 0.15) is 162 Å². The van der Waals surface area contributed by atoms with Crippen molar-refractivity contribution in [1.82, 2.24) is 0 Å². The van der Waals surface area contributed by atoms with Crippen molar-refractivity contribution < 1.29 is 42.9 Å². The van der Waals surface area contributed by atoms with E-state index < -0.39 is 24.3 Å². The summed E-state index contributed by atoms with van der Waals surface area (Å²) < 4.78 is 22.6. The fourth-order valence-electron chi connectivity index (χ4n) is 5.81. The highest BCUT2D eigenvalue weighted by molar-refractivity contribution is 5.71. The van der Waals surface area contributed by atoms with Crippen molar-refractivity contribution >= 4 is 17.9 Å². The Hall–Kier alpha value is -3.53. The van der Waals surface area contributed by atoms with E-state index in [2.05, 4.69) is 98.9 Å². The van der Waals surface area contributed by atoms with Crippen molar-refractivity contribution in [2.45, 2.75) is 174 Å². The van der Waals surface area contributed by atoms with Crippen molar-refractivity contribution in [1.29, 1.82) is 0 Å². The van der Waals surface area contributed by atoms with Crippen LogP contribution in [0.5, 0.6) is 0 Å². The molecule has 0 spiro atoms. The fraction of sp³-hybridized carbons (Fsp3) is 0.667. The number of carbonyl (C=O) groups is 3. The molecule has 9 heteroatoms. The van der Waals surface area contributed by atoms with Gasteiger partial charge in [0.05, 0.1) is 34.4 Å². The van der Waals surface area contributed by atoms with E-state index in [1.807, 2.05) is 21.1 Å². The molecular formula is C51H86NO8+. The van der Waals surface area contributed by atoms with Crippen molar-refractivity contribution in [3.8, 4) is 0 Å². The molecule has 0 aromatic heterocycles. The van der Waals surface area contributed by atoms with Gasteiger partial charge in [-0.05, 0) is 70.6 Å². The molecule has 2 atom stereocenters. The molecule has 2 unspecified atom stereocenters. The smallest absolute Gasteiger partial charge is 0.361 e. The lowest BCUT2D eigenvalue weighted by Crippen LogP contribution is -2.40. The molecule has 0 saturated carbocycles. The highest BCUT2D eigenvalue weighted by Gasteiger charge is 2.25. The van der Waals surface area contributed by atoms with Gasteiger partial charge in [0.15, 0.2) is 6.10 Å². The van der Waals surface area contributed by atoms with Crippen LogP contribution >= 0.6 is 0 Å². The van der Waals surface area contributed by atoms with E-state index >= 15 is 0 Å². The van der Waals surface area contributed by atoms with E-state index in [9.17, 15) is 19.5 Å². The number of allylic oxidation sites excluding steroid dienone is 14. The van der Waals surface area contributed by atoms with Gasteiger partial charge in [0, 0.05) is 12.8 Å². The van der Waals surface area contributed by atoms with Gasteiger partial charge in [-0.25, -0.2) is 4.79 Å². The normalized spacial score (nSPS) is 13.7. The topological polar surface area (TPSA) is 108 Å². The van der Waals surface area contributed by atoms with Crippen LogP contribution in [0.25, 0.3) is 0 Å². The highest BCUT2D eigenvalue weighted by atomic mass is 16.7. The number of unbranched alkanes of at least 4 members (excludes halogenated alkanes) is 12. The summed E-state index contributed by atoms with van der Waals surface area (Å²) in [4.78, 5) is 36.9. The number of aliphatic carboxylic acids is 1. The van der Waals surface area contributed by atoms with Crippen molar-refractivity contribution in [3.05, 3.63) is 85.1 Å². The molecule has 0 radical (unpaired) electrons. The van der Waals surface area contributed by atoms with Gasteiger partial charge in [0.25, 0.3) is 6.29 Å². The Morgan fingerprint density at radius 3 is 1.42 bits per heavy atom. The summed E-state index contributed by atoms with van der Waals surface area (Å²) in [6, 6.07) is 0. The third-order valence-corrected chi connectivity index (χ3v) is 9.42. The van der Waals surface area contributed by atoms with Crippen LogP contribution in [0.2, 0.25) is 0 Å². The number of carboxylic acid groups (broad SMARTS) is 1. The molecule has 0 fully saturated rings. The van der Waals surface area contributed by atoms with Crippen molar-refractivity contribution in [2.75, 3.05) is 47.5 Å². The Morgan fingerprint density at radius 1 is 0.517 bits per heavy atom. The zero-order chi connectivity index (χ0) is 44.2. The number of hydrogen-bond acceptors (Lipinski definition) is 7. The zero-order valence-corrected chi connectivity index (χ0v) is 38.6. The van der Waals surface area contributed by atoms with Crippen LogP contribution in [-0.4, -0.2) is 87.4 Å². The Balaban J connectivity index is 4.22. The number of likely N-dealkylation sites (N-methyl/N-ethyl adjacent to an activating group) is 1. The molecule has 0 aromatic rings.